The zero-order valence-electron chi connectivity index (χ0n) is 14.3. The number of carbonyl (C=O) groups excluding carboxylic acids is 2. The smallest absolute Gasteiger partial charge is 0.302 e. The Morgan fingerprint density at radius 1 is 1.13 bits per heavy atom. The Hall–Kier alpha value is -1.12. The quantitative estimate of drug-likeness (QED) is 0.685. The summed E-state index contributed by atoms with van der Waals surface area (Å²) in [6, 6.07) is 0. The van der Waals surface area contributed by atoms with E-state index in [1.54, 1.807) is 6.92 Å². The minimum atomic E-state index is -0.126. The summed E-state index contributed by atoms with van der Waals surface area (Å²) in [6.07, 6.45) is 10.9. The first-order chi connectivity index (χ1) is 11.0. The zero-order chi connectivity index (χ0) is 16.2. The van der Waals surface area contributed by atoms with Gasteiger partial charge in [-0.3, -0.25) is 9.59 Å². The summed E-state index contributed by atoms with van der Waals surface area (Å²) in [4.78, 5) is 23.2. The van der Waals surface area contributed by atoms with Crippen LogP contribution in [0.1, 0.15) is 65.2 Å². The molecule has 0 aliphatic heterocycles. The van der Waals surface area contributed by atoms with Crippen molar-refractivity contribution >= 4 is 11.8 Å². The molecular weight excluding hydrogens is 288 g/mol. The number of allylic oxidation sites excluding steroid dienone is 1. The van der Waals surface area contributed by atoms with Crippen LogP contribution in [0.5, 0.6) is 0 Å². The molecule has 6 atom stereocenters. The molecule has 0 N–H and O–H groups in total. The second-order valence-electron chi connectivity index (χ2n) is 8.52. The van der Waals surface area contributed by atoms with E-state index >= 15 is 0 Å². The van der Waals surface area contributed by atoms with Crippen molar-refractivity contribution in [2.24, 2.45) is 29.1 Å². The van der Waals surface area contributed by atoms with Crippen LogP contribution in [0.2, 0.25) is 0 Å². The largest absolute Gasteiger partial charge is 0.462 e. The predicted octanol–water partition coefficient (Wildman–Crippen LogP) is 4.06. The number of esters is 1. The maximum atomic E-state index is 11.7. The van der Waals surface area contributed by atoms with Gasteiger partial charge in [-0.15, -0.1) is 0 Å². The lowest BCUT2D eigenvalue weighted by molar-refractivity contribution is -0.156. The van der Waals surface area contributed by atoms with Crippen LogP contribution in [-0.4, -0.2) is 17.9 Å². The van der Waals surface area contributed by atoms with E-state index < -0.39 is 0 Å². The second-order valence-corrected chi connectivity index (χ2v) is 8.52. The highest BCUT2D eigenvalue weighted by atomic mass is 16.5. The number of fused-ring (bicyclic) bond motifs is 5. The van der Waals surface area contributed by atoms with E-state index in [9.17, 15) is 9.59 Å². The summed E-state index contributed by atoms with van der Waals surface area (Å²) in [5.74, 6) is 3.10. The minimum absolute atomic E-state index is 0.121. The third-order valence-electron chi connectivity index (χ3n) is 7.52. The van der Waals surface area contributed by atoms with E-state index in [0.29, 0.717) is 17.6 Å². The van der Waals surface area contributed by atoms with Gasteiger partial charge in [0, 0.05) is 18.8 Å². The van der Waals surface area contributed by atoms with Gasteiger partial charge in [0.05, 0.1) is 0 Å². The summed E-state index contributed by atoms with van der Waals surface area (Å²) in [6.45, 7) is 3.91. The lowest BCUT2D eigenvalue weighted by atomic mass is 9.52. The first kappa shape index (κ1) is 15.4. The molecule has 0 aromatic rings. The fourth-order valence-corrected chi connectivity index (χ4v) is 6.53. The van der Waals surface area contributed by atoms with Crippen molar-refractivity contribution in [1.82, 2.24) is 0 Å². The SMILES string of the molecule is CC(=O)OC1CCC2C3CCC4=CC(=O)CCC4C3CCC12C. The Balaban J connectivity index is 1.57. The summed E-state index contributed by atoms with van der Waals surface area (Å²) in [5.41, 5.74) is 1.62. The molecule has 3 saturated carbocycles. The van der Waals surface area contributed by atoms with E-state index in [1.807, 2.05) is 6.08 Å². The van der Waals surface area contributed by atoms with Crippen LogP contribution >= 0.6 is 0 Å². The summed E-state index contributed by atoms with van der Waals surface area (Å²) >= 11 is 0. The molecule has 3 nitrogen and oxygen atoms in total. The van der Waals surface area contributed by atoms with Crippen LogP contribution in [-0.2, 0) is 14.3 Å². The van der Waals surface area contributed by atoms with Crippen molar-refractivity contribution in [3.8, 4) is 0 Å². The molecule has 3 heteroatoms. The summed E-state index contributed by atoms with van der Waals surface area (Å²) in [5, 5.41) is 0. The van der Waals surface area contributed by atoms with E-state index in [1.165, 1.54) is 31.3 Å². The third-order valence-corrected chi connectivity index (χ3v) is 7.52. The normalized spacial score (nSPS) is 45.6. The minimum Gasteiger partial charge on any atom is -0.462 e. The van der Waals surface area contributed by atoms with Crippen molar-refractivity contribution < 1.29 is 14.3 Å². The van der Waals surface area contributed by atoms with Crippen molar-refractivity contribution in [3.63, 3.8) is 0 Å². The molecule has 0 heterocycles. The van der Waals surface area contributed by atoms with Gasteiger partial charge in [-0.1, -0.05) is 12.5 Å². The lowest BCUT2D eigenvalue weighted by Crippen LogP contribution is -2.48. The molecule has 0 bridgehead atoms. The van der Waals surface area contributed by atoms with Gasteiger partial charge >= 0.3 is 5.97 Å². The number of hydrogen-bond acceptors (Lipinski definition) is 3. The summed E-state index contributed by atoms with van der Waals surface area (Å²) < 4.78 is 5.69. The molecule has 23 heavy (non-hydrogen) atoms. The molecule has 6 unspecified atom stereocenters. The third kappa shape index (κ3) is 2.38. The van der Waals surface area contributed by atoms with Gasteiger partial charge in [0.1, 0.15) is 6.10 Å². The molecule has 0 aromatic heterocycles. The van der Waals surface area contributed by atoms with E-state index in [2.05, 4.69) is 6.92 Å². The van der Waals surface area contributed by atoms with E-state index in [0.717, 1.165) is 37.5 Å². The van der Waals surface area contributed by atoms with Crippen molar-refractivity contribution in [3.05, 3.63) is 11.6 Å². The molecular formula is C20H28O3. The average molecular weight is 316 g/mol. The van der Waals surface area contributed by atoms with Gasteiger partial charge < -0.3 is 4.74 Å². The van der Waals surface area contributed by atoms with Crippen LogP contribution in [0.15, 0.2) is 11.6 Å². The molecule has 3 fully saturated rings. The molecule has 0 amide bonds. The Labute approximate surface area is 138 Å². The maximum Gasteiger partial charge on any atom is 0.302 e. The van der Waals surface area contributed by atoms with Crippen LogP contribution in [0.4, 0.5) is 0 Å². The Bertz CT molecular complexity index is 563. The first-order valence-electron chi connectivity index (χ1n) is 9.39. The molecule has 126 valence electrons. The van der Waals surface area contributed by atoms with Gasteiger partial charge in [0.25, 0.3) is 0 Å². The number of carbonyl (C=O) groups is 2. The monoisotopic (exact) mass is 316 g/mol. The van der Waals surface area contributed by atoms with Gasteiger partial charge in [0.15, 0.2) is 5.78 Å². The first-order valence-corrected chi connectivity index (χ1v) is 9.39. The molecule has 0 saturated heterocycles. The Morgan fingerprint density at radius 3 is 2.74 bits per heavy atom. The number of rotatable bonds is 1. The molecule has 4 rings (SSSR count). The van der Waals surface area contributed by atoms with Gasteiger partial charge in [-0.05, 0) is 74.7 Å². The van der Waals surface area contributed by atoms with Crippen molar-refractivity contribution in [2.75, 3.05) is 0 Å². The Kier molecular flexibility index (Phi) is 3.66. The van der Waals surface area contributed by atoms with Crippen LogP contribution < -0.4 is 0 Å². The van der Waals surface area contributed by atoms with Gasteiger partial charge in [-0.25, -0.2) is 0 Å². The summed E-state index contributed by atoms with van der Waals surface area (Å²) in [7, 11) is 0. The van der Waals surface area contributed by atoms with Crippen LogP contribution in [0, 0.1) is 29.1 Å². The second kappa shape index (κ2) is 5.46. The van der Waals surface area contributed by atoms with E-state index in [-0.39, 0.29) is 17.5 Å². The molecule has 0 radical (unpaired) electrons. The molecule has 4 aliphatic carbocycles. The number of ketones is 1. The van der Waals surface area contributed by atoms with E-state index in [4.69, 9.17) is 4.74 Å². The lowest BCUT2D eigenvalue weighted by Gasteiger charge is -2.53. The van der Waals surface area contributed by atoms with Crippen LogP contribution in [0.25, 0.3) is 0 Å². The standard InChI is InChI=1S/C20H28O3/c1-12(21)23-19-8-7-18-17-5-3-13-11-14(22)4-6-15(13)16(17)9-10-20(18,19)2/h11,15-19H,3-10H2,1-2H3. The van der Waals surface area contributed by atoms with Gasteiger partial charge in [0.2, 0.25) is 0 Å². The maximum absolute atomic E-state index is 11.7. The Morgan fingerprint density at radius 2 is 1.96 bits per heavy atom. The molecule has 4 aliphatic rings. The average Bonchev–Trinajstić information content (AvgIpc) is 2.83. The topological polar surface area (TPSA) is 43.4 Å². The molecule has 0 spiro atoms. The van der Waals surface area contributed by atoms with Gasteiger partial charge in [-0.2, -0.15) is 0 Å². The fourth-order valence-electron chi connectivity index (χ4n) is 6.53. The predicted molar refractivity (Wildman–Crippen MR) is 87.6 cm³/mol. The van der Waals surface area contributed by atoms with Crippen molar-refractivity contribution in [2.45, 2.75) is 71.3 Å². The van der Waals surface area contributed by atoms with Crippen molar-refractivity contribution in [1.29, 1.82) is 0 Å². The van der Waals surface area contributed by atoms with Crippen LogP contribution in [0.3, 0.4) is 0 Å². The number of hydrogen-bond donors (Lipinski definition) is 0. The fraction of sp³-hybridized carbons (Fsp3) is 0.800. The highest BCUT2D eigenvalue weighted by molar-refractivity contribution is 5.91. The zero-order valence-corrected chi connectivity index (χ0v) is 14.3. The molecule has 0 aromatic carbocycles. The highest BCUT2D eigenvalue weighted by Gasteiger charge is 2.57. The number of ether oxygens (including phenoxy) is 1. The highest BCUT2D eigenvalue weighted by Crippen LogP contribution is 2.62.